The molecule has 0 fully saturated rings. The van der Waals surface area contributed by atoms with Crippen molar-refractivity contribution in [3.8, 4) is 0 Å². The summed E-state index contributed by atoms with van der Waals surface area (Å²) in [5.74, 6) is -3.30. The van der Waals surface area contributed by atoms with Gasteiger partial charge >= 0.3 is 17.7 Å². The zero-order valence-electron chi connectivity index (χ0n) is 10.9. The van der Waals surface area contributed by atoms with Gasteiger partial charge < -0.3 is 14.6 Å². The molecule has 108 valence electrons. The largest absolute Gasteiger partial charge is 0.465 e. The zero-order chi connectivity index (χ0) is 15.2. The van der Waals surface area contributed by atoms with Gasteiger partial charge in [-0.1, -0.05) is 18.2 Å². The summed E-state index contributed by atoms with van der Waals surface area (Å²) in [6.07, 6.45) is 0. The Bertz CT molecular complexity index is 486. The van der Waals surface area contributed by atoms with Gasteiger partial charge in [0.1, 0.15) is 0 Å². The lowest BCUT2D eigenvalue weighted by atomic mass is 10.2. The average molecular weight is 282 g/mol. The molecule has 0 saturated carbocycles. The third-order valence-electron chi connectivity index (χ3n) is 2.35. The summed E-state index contributed by atoms with van der Waals surface area (Å²) in [7, 11) is 1.94. The molecule has 0 aliphatic rings. The van der Waals surface area contributed by atoms with Crippen LogP contribution in [0.25, 0.3) is 0 Å². The Morgan fingerprint density at radius 1 is 1.05 bits per heavy atom. The van der Waals surface area contributed by atoms with Crippen LogP contribution in [0.4, 0.5) is 0 Å². The highest BCUT2D eigenvalue weighted by Crippen LogP contribution is 2.05. The summed E-state index contributed by atoms with van der Waals surface area (Å²) in [6.45, 7) is 0. The first-order chi connectivity index (χ1) is 9.45. The molecule has 1 rings (SSSR count). The second-order valence-corrected chi connectivity index (χ2v) is 3.64. The average Bonchev–Trinajstić information content (AvgIpc) is 2.51. The van der Waals surface area contributed by atoms with Gasteiger partial charge in [0, 0.05) is 5.56 Å². The number of hydrogen-bond donors (Lipinski definition) is 3. The van der Waals surface area contributed by atoms with Gasteiger partial charge in [0.05, 0.1) is 14.2 Å². The number of hydrazine groups is 1. The molecule has 0 unspecified atom stereocenters. The Balaban J connectivity index is 2.80. The van der Waals surface area contributed by atoms with Crippen molar-refractivity contribution in [2.24, 2.45) is 0 Å². The Morgan fingerprint density at radius 2 is 1.55 bits per heavy atom. The van der Waals surface area contributed by atoms with E-state index in [2.05, 4.69) is 9.47 Å². The number of rotatable bonds is 5. The van der Waals surface area contributed by atoms with E-state index in [1.54, 1.807) is 18.2 Å². The fourth-order valence-electron chi connectivity index (χ4n) is 1.29. The first-order valence-corrected chi connectivity index (χ1v) is 5.47. The van der Waals surface area contributed by atoms with E-state index in [0.717, 1.165) is 14.2 Å². The van der Waals surface area contributed by atoms with Crippen LogP contribution in [0.1, 0.15) is 10.4 Å². The van der Waals surface area contributed by atoms with Crippen LogP contribution in [-0.2, 0) is 19.1 Å². The molecule has 1 aromatic rings. The zero-order valence-corrected chi connectivity index (χ0v) is 10.9. The van der Waals surface area contributed by atoms with E-state index in [-0.39, 0.29) is 5.56 Å². The van der Waals surface area contributed by atoms with E-state index in [4.69, 9.17) is 0 Å². The van der Waals surface area contributed by atoms with Crippen LogP contribution in [0.2, 0.25) is 0 Å². The maximum Gasteiger partial charge on any atom is 0.367 e. The second-order valence-electron chi connectivity index (χ2n) is 3.64. The third-order valence-corrected chi connectivity index (χ3v) is 2.35. The van der Waals surface area contributed by atoms with Crippen LogP contribution < -0.4 is 10.9 Å². The fourth-order valence-corrected chi connectivity index (χ4v) is 1.29. The van der Waals surface area contributed by atoms with Gasteiger partial charge in [-0.25, -0.2) is 9.59 Å². The molecular weight excluding hydrogens is 268 g/mol. The molecule has 3 N–H and O–H groups in total. The standard InChI is InChI=1S/C12H14N2O6/c1-19-10(16)12(18,11(17)20-2)14-13-9(15)8-6-4-3-5-7-8/h3-7,14,18H,1-2H3,(H,13,15). The lowest BCUT2D eigenvalue weighted by Gasteiger charge is -2.23. The maximum absolute atomic E-state index is 11.7. The quantitative estimate of drug-likeness (QED) is 0.273. The normalized spacial score (nSPS) is 10.6. The molecule has 0 bridgehead atoms. The molecule has 0 aromatic heterocycles. The highest BCUT2D eigenvalue weighted by atomic mass is 16.6. The van der Waals surface area contributed by atoms with Gasteiger partial charge in [0.25, 0.3) is 5.91 Å². The molecule has 0 aliphatic heterocycles. The summed E-state index contributed by atoms with van der Waals surface area (Å²) in [6, 6.07) is 7.98. The number of amides is 1. The number of methoxy groups -OCH3 is 2. The molecule has 0 spiro atoms. The molecule has 8 heteroatoms. The lowest BCUT2D eigenvalue weighted by Crippen LogP contribution is -2.64. The molecule has 0 radical (unpaired) electrons. The first kappa shape index (κ1) is 15.6. The van der Waals surface area contributed by atoms with Crippen LogP contribution in [0, 0.1) is 0 Å². The predicted molar refractivity (Wildman–Crippen MR) is 66.0 cm³/mol. The van der Waals surface area contributed by atoms with Crippen LogP contribution in [0.15, 0.2) is 30.3 Å². The molecule has 1 aromatic carbocycles. The number of nitrogens with one attached hydrogen (secondary N) is 2. The molecule has 0 atom stereocenters. The summed E-state index contributed by atoms with van der Waals surface area (Å²) in [4.78, 5) is 34.5. The van der Waals surface area contributed by atoms with E-state index in [1.807, 2.05) is 10.9 Å². The van der Waals surface area contributed by atoms with Gasteiger partial charge in [-0.15, -0.1) is 0 Å². The highest BCUT2D eigenvalue weighted by Gasteiger charge is 2.47. The van der Waals surface area contributed by atoms with Gasteiger partial charge in [0.15, 0.2) is 0 Å². The van der Waals surface area contributed by atoms with Crippen molar-refractivity contribution in [2.45, 2.75) is 5.72 Å². The minimum absolute atomic E-state index is 0.261. The minimum atomic E-state index is -2.83. The summed E-state index contributed by atoms with van der Waals surface area (Å²) in [5.41, 5.74) is 1.37. The van der Waals surface area contributed by atoms with E-state index >= 15 is 0 Å². The van der Waals surface area contributed by atoms with Gasteiger partial charge in [-0.05, 0) is 12.1 Å². The third kappa shape index (κ3) is 3.31. The number of carbonyl (C=O) groups is 3. The number of esters is 2. The monoisotopic (exact) mass is 282 g/mol. The Labute approximate surface area is 114 Å². The van der Waals surface area contributed by atoms with Crippen molar-refractivity contribution >= 4 is 17.8 Å². The predicted octanol–water partition coefficient (Wildman–Crippen LogP) is -1.04. The second kappa shape index (κ2) is 6.64. The smallest absolute Gasteiger partial charge is 0.367 e. The summed E-state index contributed by atoms with van der Waals surface area (Å²) < 4.78 is 8.55. The molecule has 0 heterocycles. The Morgan fingerprint density at radius 3 is 2.00 bits per heavy atom. The van der Waals surface area contributed by atoms with Crippen LogP contribution in [-0.4, -0.2) is 42.9 Å². The van der Waals surface area contributed by atoms with Gasteiger partial charge in [-0.3, -0.25) is 10.2 Å². The van der Waals surface area contributed by atoms with E-state index in [9.17, 15) is 19.5 Å². The van der Waals surface area contributed by atoms with Crippen molar-refractivity contribution in [2.75, 3.05) is 14.2 Å². The summed E-state index contributed by atoms with van der Waals surface area (Å²) >= 11 is 0. The molecule has 1 amide bonds. The molecule has 0 aliphatic carbocycles. The number of hydrogen-bond acceptors (Lipinski definition) is 7. The van der Waals surface area contributed by atoms with Crippen molar-refractivity contribution in [1.82, 2.24) is 10.9 Å². The molecule has 8 nitrogen and oxygen atoms in total. The maximum atomic E-state index is 11.7. The van der Waals surface area contributed by atoms with Crippen molar-refractivity contribution in [3.05, 3.63) is 35.9 Å². The minimum Gasteiger partial charge on any atom is -0.465 e. The van der Waals surface area contributed by atoms with Crippen LogP contribution >= 0.6 is 0 Å². The SMILES string of the molecule is COC(=O)C(O)(NNC(=O)c1ccccc1)C(=O)OC. The van der Waals surface area contributed by atoms with Crippen molar-refractivity contribution in [1.29, 1.82) is 0 Å². The Hall–Kier alpha value is -2.45. The summed E-state index contributed by atoms with van der Waals surface area (Å²) in [5, 5.41) is 9.87. The van der Waals surface area contributed by atoms with E-state index in [1.165, 1.54) is 12.1 Å². The van der Waals surface area contributed by atoms with Crippen molar-refractivity contribution in [3.63, 3.8) is 0 Å². The lowest BCUT2D eigenvalue weighted by molar-refractivity contribution is -0.185. The molecular formula is C12H14N2O6. The van der Waals surface area contributed by atoms with E-state index in [0.29, 0.717) is 0 Å². The highest BCUT2D eigenvalue weighted by molar-refractivity contribution is 6.03. The number of carbonyl (C=O) groups excluding carboxylic acids is 3. The van der Waals surface area contributed by atoms with Crippen molar-refractivity contribution < 1.29 is 29.0 Å². The number of benzene rings is 1. The number of aliphatic hydroxyl groups is 1. The van der Waals surface area contributed by atoms with Crippen LogP contribution in [0.5, 0.6) is 0 Å². The Kier molecular flexibility index (Phi) is 5.18. The van der Waals surface area contributed by atoms with E-state index < -0.39 is 23.6 Å². The number of ether oxygens (including phenoxy) is 2. The van der Waals surface area contributed by atoms with Crippen LogP contribution in [0.3, 0.4) is 0 Å². The van der Waals surface area contributed by atoms with Gasteiger partial charge in [0.2, 0.25) is 0 Å². The topological polar surface area (TPSA) is 114 Å². The van der Waals surface area contributed by atoms with Gasteiger partial charge in [-0.2, -0.15) is 5.43 Å². The molecule has 20 heavy (non-hydrogen) atoms. The fraction of sp³-hybridized carbons (Fsp3) is 0.250. The molecule has 0 saturated heterocycles. The first-order valence-electron chi connectivity index (χ1n) is 5.47.